The Labute approximate surface area is 197 Å². The molecule has 1 saturated heterocycles. The van der Waals surface area contributed by atoms with Crippen LogP contribution in [0.3, 0.4) is 0 Å². The van der Waals surface area contributed by atoms with Gasteiger partial charge in [0.15, 0.2) is 6.61 Å². The number of carbonyl (C=O) groups excluding carboxylic acids is 4. The van der Waals surface area contributed by atoms with Crippen LogP contribution in [0.15, 0.2) is 36.0 Å². The van der Waals surface area contributed by atoms with Gasteiger partial charge in [0.05, 0.1) is 0 Å². The Morgan fingerprint density at radius 1 is 1.15 bits per heavy atom. The molecular formula is C24H31FN4O5. The molecule has 0 radical (unpaired) electrons. The van der Waals surface area contributed by atoms with E-state index in [0.717, 1.165) is 32.1 Å². The highest BCUT2D eigenvalue weighted by Gasteiger charge is 2.31. The molecule has 2 fully saturated rings. The van der Waals surface area contributed by atoms with E-state index in [-0.39, 0.29) is 30.5 Å². The number of hydrogen-bond donors (Lipinski definition) is 4. The predicted molar refractivity (Wildman–Crippen MR) is 122 cm³/mol. The molecule has 1 heterocycles. The molecule has 1 aromatic rings. The normalized spacial score (nSPS) is 19.7. The summed E-state index contributed by atoms with van der Waals surface area (Å²) in [5.74, 6) is -2.58. The maximum absolute atomic E-state index is 13.0. The summed E-state index contributed by atoms with van der Waals surface area (Å²) < 4.78 is 18.4. The first-order valence-corrected chi connectivity index (χ1v) is 11.6. The number of rotatable bonds is 10. The van der Waals surface area contributed by atoms with Crippen LogP contribution in [-0.2, 0) is 19.2 Å². The van der Waals surface area contributed by atoms with Crippen molar-refractivity contribution in [3.05, 3.63) is 41.9 Å². The van der Waals surface area contributed by atoms with Gasteiger partial charge in [-0.2, -0.15) is 0 Å². The molecule has 1 aliphatic carbocycles. The average Bonchev–Trinajstić information content (AvgIpc) is 3.22. The van der Waals surface area contributed by atoms with Gasteiger partial charge >= 0.3 is 0 Å². The zero-order valence-corrected chi connectivity index (χ0v) is 19.0. The van der Waals surface area contributed by atoms with Crippen molar-refractivity contribution in [1.29, 1.82) is 0 Å². The fourth-order valence-electron chi connectivity index (χ4n) is 4.21. The summed E-state index contributed by atoms with van der Waals surface area (Å²) in [4.78, 5) is 49.4. The number of ether oxygens (including phenoxy) is 1. The van der Waals surface area contributed by atoms with Crippen LogP contribution in [0.2, 0.25) is 0 Å². The molecule has 5 N–H and O–H groups in total. The molecule has 0 unspecified atom stereocenters. The van der Waals surface area contributed by atoms with Gasteiger partial charge in [-0.15, -0.1) is 0 Å². The first kappa shape index (κ1) is 25.2. The predicted octanol–water partition coefficient (Wildman–Crippen LogP) is 1.28. The summed E-state index contributed by atoms with van der Waals surface area (Å²) in [6.45, 7) is 0.127. The molecule has 0 aromatic heterocycles. The van der Waals surface area contributed by atoms with Crippen LogP contribution >= 0.6 is 0 Å². The number of carbonyl (C=O) groups is 4. The van der Waals surface area contributed by atoms with Crippen LogP contribution in [0.1, 0.15) is 44.9 Å². The van der Waals surface area contributed by atoms with Crippen LogP contribution in [0.5, 0.6) is 5.75 Å². The molecule has 1 aliphatic heterocycles. The lowest BCUT2D eigenvalue weighted by atomic mass is 9.88. The Morgan fingerprint density at radius 3 is 2.47 bits per heavy atom. The van der Waals surface area contributed by atoms with Crippen molar-refractivity contribution in [2.45, 2.75) is 51.0 Å². The van der Waals surface area contributed by atoms with Crippen LogP contribution in [0.4, 0.5) is 4.39 Å². The molecule has 10 heteroatoms. The van der Waals surface area contributed by atoms with Gasteiger partial charge in [0.2, 0.25) is 11.8 Å². The third-order valence-corrected chi connectivity index (χ3v) is 6.09. The van der Waals surface area contributed by atoms with Crippen molar-refractivity contribution < 1.29 is 28.3 Å². The van der Waals surface area contributed by atoms with Crippen LogP contribution in [0.25, 0.3) is 0 Å². The minimum atomic E-state index is -1.05. The van der Waals surface area contributed by atoms with E-state index in [1.807, 2.05) is 0 Å². The molecule has 1 saturated carbocycles. The third kappa shape index (κ3) is 7.57. The summed E-state index contributed by atoms with van der Waals surface area (Å²) in [6, 6.07) is 4.16. The minimum Gasteiger partial charge on any atom is -0.484 e. The van der Waals surface area contributed by atoms with Crippen molar-refractivity contribution in [3.63, 3.8) is 0 Å². The topological polar surface area (TPSA) is 140 Å². The second-order valence-corrected chi connectivity index (χ2v) is 8.71. The molecule has 4 amide bonds. The summed E-state index contributed by atoms with van der Waals surface area (Å²) in [6.07, 6.45) is 7.31. The summed E-state index contributed by atoms with van der Waals surface area (Å²) in [5.41, 5.74) is 5.49. The maximum Gasteiger partial charge on any atom is 0.268 e. The Morgan fingerprint density at radius 2 is 1.85 bits per heavy atom. The first-order chi connectivity index (χ1) is 16.3. The standard InChI is InChI=1S/C24H31FN4O5/c25-17-6-8-18(9-7-17)34-14-21(30)28-20(12-15-4-2-1-3-5-15)24(33)29-19(22(26)31)13-16-10-11-27-23(16)32/h6-9,12,15-16,19H,1-5,10-11,13-14H2,(H2,26,31)(H,27,32)(H,28,30)(H,29,33)/t16-,19-/m0/s1. The summed E-state index contributed by atoms with van der Waals surface area (Å²) in [7, 11) is 0. The number of halogens is 1. The van der Waals surface area contributed by atoms with Crippen LogP contribution in [-0.4, -0.2) is 42.8 Å². The van der Waals surface area contributed by atoms with Crippen molar-refractivity contribution >= 4 is 23.6 Å². The Bertz CT molecular complexity index is 928. The molecule has 184 valence electrons. The molecular weight excluding hydrogens is 443 g/mol. The van der Waals surface area contributed by atoms with Crippen molar-refractivity contribution in [2.24, 2.45) is 17.6 Å². The van der Waals surface area contributed by atoms with Crippen molar-refractivity contribution in [3.8, 4) is 5.75 Å². The van der Waals surface area contributed by atoms with E-state index in [0.29, 0.717) is 18.7 Å². The minimum absolute atomic E-state index is 0.0155. The number of benzene rings is 1. The van der Waals surface area contributed by atoms with Gasteiger partial charge in [-0.1, -0.05) is 25.3 Å². The van der Waals surface area contributed by atoms with Crippen LogP contribution < -0.4 is 26.4 Å². The van der Waals surface area contributed by atoms with Crippen LogP contribution in [0, 0.1) is 17.7 Å². The van der Waals surface area contributed by atoms with Gasteiger partial charge in [-0.3, -0.25) is 19.2 Å². The average molecular weight is 475 g/mol. The molecule has 3 rings (SSSR count). The van der Waals surface area contributed by atoms with Gasteiger partial charge in [0.25, 0.3) is 11.8 Å². The van der Waals surface area contributed by atoms with E-state index in [1.165, 1.54) is 24.3 Å². The number of nitrogens with two attached hydrogens (primary N) is 1. The van der Waals surface area contributed by atoms with Gasteiger partial charge in [0.1, 0.15) is 23.3 Å². The van der Waals surface area contributed by atoms with E-state index in [9.17, 15) is 23.6 Å². The van der Waals surface area contributed by atoms with E-state index in [1.54, 1.807) is 6.08 Å². The van der Waals surface area contributed by atoms with Gasteiger partial charge in [0, 0.05) is 12.5 Å². The molecule has 2 aliphatic rings. The second-order valence-electron chi connectivity index (χ2n) is 8.71. The van der Waals surface area contributed by atoms with Crippen molar-refractivity contribution in [1.82, 2.24) is 16.0 Å². The first-order valence-electron chi connectivity index (χ1n) is 11.6. The Kier molecular flexibility index (Phi) is 9.00. The number of hydrogen-bond acceptors (Lipinski definition) is 5. The SMILES string of the molecule is NC(=O)[C@H](C[C@@H]1CCNC1=O)NC(=O)C(=CC1CCCCC1)NC(=O)COc1ccc(F)cc1. The fourth-order valence-corrected chi connectivity index (χ4v) is 4.21. The number of amides is 4. The molecule has 2 atom stereocenters. The molecule has 0 bridgehead atoms. The number of primary amides is 1. The van der Waals surface area contributed by atoms with Gasteiger partial charge in [-0.25, -0.2) is 4.39 Å². The molecule has 0 spiro atoms. The lowest BCUT2D eigenvalue weighted by molar-refractivity contribution is -0.128. The highest BCUT2D eigenvalue weighted by Crippen LogP contribution is 2.25. The Balaban J connectivity index is 1.66. The van der Waals surface area contributed by atoms with Gasteiger partial charge in [-0.05, 0) is 55.9 Å². The zero-order chi connectivity index (χ0) is 24.5. The lowest BCUT2D eigenvalue weighted by Gasteiger charge is -2.22. The largest absolute Gasteiger partial charge is 0.484 e. The number of nitrogens with one attached hydrogen (secondary N) is 3. The molecule has 1 aromatic carbocycles. The maximum atomic E-state index is 13.0. The van der Waals surface area contributed by atoms with Gasteiger partial charge < -0.3 is 26.4 Å². The second kappa shape index (κ2) is 12.2. The summed E-state index contributed by atoms with van der Waals surface area (Å²) >= 11 is 0. The lowest BCUT2D eigenvalue weighted by Crippen LogP contribution is -2.48. The fraction of sp³-hybridized carbons (Fsp3) is 0.500. The molecule has 9 nitrogen and oxygen atoms in total. The van der Waals surface area contributed by atoms with E-state index in [2.05, 4.69) is 16.0 Å². The van der Waals surface area contributed by atoms with E-state index in [4.69, 9.17) is 10.5 Å². The van der Waals surface area contributed by atoms with E-state index < -0.39 is 35.5 Å². The highest BCUT2D eigenvalue weighted by atomic mass is 19.1. The quantitative estimate of drug-likeness (QED) is 0.378. The molecule has 34 heavy (non-hydrogen) atoms. The smallest absolute Gasteiger partial charge is 0.268 e. The Hall–Kier alpha value is -3.43. The highest BCUT2D eigenvalue weighted by molar-refractivity contribution is 6.00. The zero-order valence-electron chi connectivity index (χ0n) is 19.0. The third-order valence-electron chi connectivity index (χ3n) is 6.09. The number of allylic oxidation sites excluding steroid dienone is 1. The monoisotopic (exact) mass is 474 g/mol. The summed E-state index contributed by atoms with van der Waals surface area (Å²) in [5, 5.41) is 7.85. The van der Waals surface area contributed by atoms with Crippen molar-refractivity contribution in [2.75, 3.05) is 13.2 Å². The van der Waals surface area contributed by atoms with E-state index >= 15 is 0 Å².